The lowest BCUT2D eigenvalue weighted by atomic mass is 10.5. The molecule has 0 unspecified atom stereocenters. The van der Waals surface area contributed by atoms with E-state index in [2.05, 4.69) is 29.8 Å². The third kappa shape index (κ3) is 2.06. The Morgan fingerprint density at radius 3 is 2.90 bits per heavy atom. The number of sulfonamides is 1. The lowest BCUT2D eigenvalue weighted by molar-refractivity contribution is 0.597. The molecule has 0 amide bonds. The van der Waals surface area contributed by atoms with Crippen molar-refractivity contribution in [3.63, 3.8) is 0 Å². The molecule has 0 atom stereocenters. The van der Waals surface area contributed by atoms with Gasteiger partial charge in [0.2, 0.25) is 10.2 Å². The molecule has 0 aromatic carbocycles. The lowest BCUT2D eigenvalue weighted by Crippen LogP contribution is -2.16. The van der Waals surface area contributed by atoms with Crippen molar-refractivity contribution in [2.75, 3.05) is 17.1 Å². The Balaban J connectivity index is 2.17. The number of nitrogens with zero attached hydrogens (tertiary/aromatic N) is 5. The van der Waals surface area contributed by atoms with E-state index in [0.29, 0.717) is 5.65 Å². The van der Waals surface area contributed by atoms with Crippen molar-refractivity contribution in [2.45, 2.75) is 5.03 Å². The zero-order chi connectivity index (χ0) is 14.2. The van der Waals surface area contributed by atoms with Crippen LogP contribution in [0.4, 0.5) is 10.9 Å². The quantitative estimate of drug-likeness (QED) is 0.717. The Labute approximate surface area is 117 Å². The van der Waals surface area contributed by atoms with Crippen LogP contribution in [0, 0.1) is 0 Å². The highest BCUT2D eigenvalue weighted by Gasteiger charge is 2.25. The highest BCUT2D eigenvalue weighted by Crippen LogP contribution is 2.24. The fourth-order valence-electron chi connectivity index (χ4n) is 1.73. The Kier molecular flexibility index (Phi) is 2.99. The summed E-state index contributed by atoms with van der Waals surface area (Å²) in [5.74, 6) is 0.251. The second-order valence-corrected chi connectivity index (χ2v) is 6.05. The fraction of sp³-hybridized carbons (Fsp3) is 0.111. The maximum Gasteiger partial charge on any atom is 0.283 e. The van der Waals surface area contributed by atoms with Gasteiger partial charge in [0.25, 0.3) is 10.0 Å². The summed E-state index contributed by atoms with van der Waals surface area (Å²) in [6, 6.07) is 5.21. The van der Waals surface area contributed by atoms with Crippen LogP contribution in [0.25, 0.3) is 5.65 Å². The average Bonchev–Trinajstić information content (AvgIpc) is 3.04. The number of pyridine rings is 1. The second kappa shape index (κ2) is 4.68. The number of nitrogens with one attached hydrogen (secondary N) is 2. The van der Waals surface area contributed by atoms with Crippen LogP contribution in [0.5, 0.6) is 0 Å². The van der Waals surface area contributed by atoms with Gasteiger partial charge in [-0.3, -0.25) is 9.12 Å². The number of anilines is 2. The van der Waals surface area contributed by atoms with Crippen molar-refractivity contribution in [1.82, 2.24) is 24.2 Å². The van der Waals surface area contributed by atoms with Crippen molar-refractivity contribution in [1.29, 1.82) is 0 Å². The molecule has 0 saturated carbocycles. The number of imidazole rings is 1. The molecular formula is C9H9N7O2S2. The van der Waals surface area contributed by atoms with Gasteiger partial charge in [-0.2, -0.15) is 8.42 Å². The first kappa shape index (κ1) is 12.7. The molecular weight excluding hydrogens is 302 g/mol. The highest BCUT2D eigenvalue weighted by atomic mass is 32.2. The molecule has 0 aliphatic heterocycles. The number of aromatic nitrogens is 5. The van der Waals surface area contributed by atoms with E-state index in [4.69, 9.17) is 0 Å². The molecule has 3 aromatic rings. The van der Waals surface area contributed by atoms with Crippen molar-refractivity contribution in [3.8, 4) is 0 Å². The van der Waals surface area contributed by atoms with Gasteiger partial charge in [-0.25, -0.2) is 4.98 Å². The first-order valence-electron chi connectivity index (χ1n) is 5.44. The molecule has 9 nitrogen and oxygen atoms in total. The van der Waals surface area contributed by atoms with Gasteiger partial charge in [0.15, 0.2) is 5.82 Å². The third-order valence-electron chi connectivity index (χ3n) is 2.50. The van der Waals surface area contributed by atoms with Crippen LogP contribution in [0.3, 0.4) is 0 Å². The van der Waals surface area contributed by atoms with E-state index in [0.717, 1.165) is 11.5 Å². The SMILES string of the molecule is CNc1nc2ccccn2c1S(=O)(=O)Nc1nnns1. The molecule has 0 fully saturated rings. The van der Waals surface area contributed by atoms with Gasteiger partial charge in [-0.1, -0.05) is 15.7 Å². The van der Waals surface area contributed by atoms with Crippen molar-refractivity contribution >= 4 is 38.2 Å². The molecule has 3 aromatic heterocycles. The van der Waals surface area contributed by atoms with Gasteiger partial charge in [0.05, 0.1) is 0 Å². The van der Waals surface area contributed by atoms with Gasteiger partial charge in [0, 0.05) is 24.8 Å². The smallest absolute Gasteiger partial charge is 0.283 e. The molecule has 0 radical (unpaired) electrons. The van der Waals surface area contributed by atoms with Gasteiger partial charge >= 0.3 is 0 Å². The van der Waals surface area contributed by atoms with Gasteiger partial charge in [-0.05, 0) is 17.3 Å². The zero-order valence-corrected chi connectivity index (χ0v) is 11.8. The number of hydrogen-bond acceptors (Lipinski definition) is 8. The van der Waals surface area contributed by atoms with Crippen LogP contribution in [0.1, 0.15) is 0 Å². The maximum absolute atomic E-state index is 12.5. The predicted octanol–water partition coefficient (Wildman–Crippen LogP) is 0.423. The Bertz CT molecular complexity index is 840. The summed E-state index contributed by atoms with van der Waals surface area (Å²) in [5.41, 5.74) is 0.521. The summed E-state index contributed by atoms with van der Waals surface area (Å²) in [6.07, 6.45) is 1.62. The monoisotopic (exact) mass is 311 g/mol. The van der Waals surface area contributed by atoms with Crippen molar-refractivity contribution in [2.24, 2.45) is 0 Å². The highest BCUT2D eigenvalue weighted by molar-refractivity contribution is 7.93. The van der Waals surface area contributed by atoms with Crippen LogP contribution < -0.4 is 10.0 Å². The zero-order valence-electron chi connectivity index (χ0n) is 10.2. The van der Waals surface area contributed by atoms with Crippen molar-refractivity contribution in [3.05, 3.63) is 24.4 Å². The van der Waals surface area contributed by atoms with Crippen LogP contribution in [-0.4, -0.2) is 39.7 Å². The number of fused-ring (bicyclic) bond motifs is 1. The Morgan fingerprint density at radius 2 is 2.20 bits per heavy atom. The Hall–Kier alpha value is -2.27. The Morgan fingerprint density at radius 1 is 1.35 bits per heavy atom. The minimum atomic E-state index is -3.85. The van der Waals surface area contributed by atoms with Gasteiger partial charge < -0.3 is 5.32 Å². The van der Waals surface area contributed by atoms with E-state index in [1.165, 1.54) is 4.40 Å². The van der Waals surface area contributed by atoms with E-state index in [9.17, 15) is 8.42 Å². The van der Waals surface area contributed by atoms with Crippen LogP contribution >= 0.6 is 11.5 Å². The molecule has 0 aliphatic carbocycles. The van der Waals surface area contributed by atoms with Crippen molar-refractivity contribution < 1.29 is 8.42 Å². The summed E-state index contributed by atoms with van der Waals surface area (Å²) >= 11 is 0.853. The topological polar surface area (TPSA) is 114 Å². The van der Waals surface area contributed by atoms with E-state index in [1.807, 2.05) is 0 Å². The van der Waals surface area contributed by atoms with E-state index >= 15 is 0 Å². The third-order valence-corrected chi connectivity index (χ3v) is 4.50. The molecule has 0 bridgehead atoms. The van der Waals surface area contributed by atoms with E-state index in [1.54, 1.807) is 31.4 Å². The molecule has 0 spiro atoms. The van der Waals surface area contributed by atoms with Gasteiger partial charge in [-0.15, -0.1) is 0 Å². The molecule has 0 saturated heterocycles. The number of rotatable bonds is 4. The molecule has 11 heteroatoms. The summed E-state index contributed by atoms with van der Waals surface area (Å²) in [6.45, 7) is 0. The summed E-state index contributed by atoms with van der Waals surface area (Å²) in [4.78, 5) is 4.21. The number of hydrogen-bond donors (Lipinski definition) is 2. The first-order valence-corrected chi connectivity index (χ1v) is 7.70. The summed E-state index contributed by atoms with van der Waals surface area (Å²) in [7, 11) is -2.25. The van der Waals surface area contributed by atoms with Crippen LogP contribution in [0.2, 0.25) is 0 Å². The second-order valence-electron chi connectivity index (χ2n) is 3.72. The van der Waals surface area contributed by atoms with E-state index < -0.39 is 10.0 Å². The minimum absolute atomic E-state index is 0.00537. The minimum Gasteiger partial charge on any atom is -0.371 e. The fourth-order valence-corrected chi connectivity index (χ4v) is 3.61. The molecule has 20 heavy (non-hydrogen) atoms. The maximum atomic E-state index is 12.5. The average molecular weight is 311 g/mol. The largest absolute Gasteiger partial charge is 0.371 e. The van der Waals surface area contributed by atoms with Crippen LogP contribution in [0.15, 0.2) is 29.4 Å². The van der Waals surface area contributed by atoms with Crippen LogP contribution in [-0.2, 0) is 10.0 Å². The molecule has 104 valence electrons. The molecule has 3 rings (SSSR count). The van der Waals surface area contributed by atoms with Gasteiger partial charge in [0.1, 0.15) is 5.65 Å². The summed E-state index contributed by atoms with van der Waals surface area (Å²) in [5, 5.41) is 9.78. The standard InChI is InChI=1S/C9H9N7O2S2/c1-10-7-8(16-5-3-2-4-6(16)11-7)20(17,18)13-9-12-14-15-19-9/h2-5,10H,1H3,(H,12,13,15). The predicted molar refractivity (Wildman–Crippen MR) is 73.3 cm³/mol. The lowest BCUT2D eigenvalue weighted by Gasteiger charge is -2.06. The molecule has 3 heterocycles. The first-order chi connectivity index (χ1) is 9.62. The molecule has 2 N–H and O–H groups in total. The molecule has 0 aliphatic rings. The van der Waals surface area contributed by atoms with E-state index in [-0.39, 0.29) is 16.0 Å². The summed E-state index contributed by atoms with van der Waals surface area (Å²) < 4.78 is 32.2. The normalized spacial score (nSPS) is 11.7.